The summed E-state index contributed by atoms with van der Waals surface area (Å²) >= 11 is 0. The zero-order chi connectivity index (χ0) is 17.6. The maximum absolute atomic E-state index is 11.9. The van der Waals surface area contributed by atoms with Crippen LogP contribution < -0.4 is 4.74 Å². The summed E-state index contributed by atoms with van der Waals surface area (Å²) in [6.07, 6.45) is 4.64. The van der Waals surface area contributed by atoms with Crippen molar-refractivity contribution < 1.29 is 23.8 Å². The van der Waals surface area contributed by atoms with Crippen LogP contribution in [-0.4, -0.2) is 38.7 Å². The minimum atomic E-state index is -0.124. The van der Waals surface area contributed by atoms with Gasteiger partial charge in [0.05, 0.1) is 19.1 Å². The predicted molar refractivity (Wildman–Crippen MR) is 92.4 cm³/mol. The van der Waals surface area contributed by atoms with E-state index in [1.807, 2.05) is 6.92 Å². The molecule has 0 heterocycles. The van der Waals surface area contributed by atoms with Crippen LogP contribution in [0.15, 0.2) is 24.3 Å². The number of carbonyl (C=O) groups excluding carboxylic acids is 2. The first-order valence-electron chi connectivity index (χ1n) is 8.63. The van der Waals surface area contributed by atoms with E-state index in [0.717, 1.165) is 32.0 Å². The third kappa shape index (κ3) is 8.11. The Kier molecular flexibility index (Phi) is 10.5. The Morgan fingerprint density at radius 1 is 1.08 bits per heavy atom. The van der Waals surface area contributed by atoms with E-state index in [2.05, 4.69) is 6.92 Å². The number of unbranched alkanes of at least 4 members (excludes halogenated alkanes) is 1. The number of benzene rings is 1. The smallest absolute Gasteiger partial charge is 0.308 e. The number of esters is 1. The van der Waals surface area contributed by atoms with Gasteiger partial charge in [-0.1, -0.05) is 26.7 Å². The van der Waals surface area contributed by atoms with Crippen molar-refractivity contribution in [3.05, 3.63) is 29.8 Å². The molecule has 24 heavy (non-hydrogen) atoms. The van der Waals surface area contributed by atoms with Gasteiger partial charge in [-0.2, -0.15) is 0 Å². The summed E-state index contributed by atoms with van der Waals surface area (Å²) in [5.41, 5.74) is 0.615. The van der Waals surface area contributed by atoms with E-state index in [9.17, 15) is 9.59 Å². The molecule has 1 aromatic rings. The largest absolute Gasteiger partial charge is 0.491 e. The first kappa shape index (κ1) is 20.2. The number of carbonyl (C=O) groups is 2. The van der Waals surface area contributed by atoms with Gasteiger partial charge in [0.1, 0.15) is 25.2 Å². The van der Waals surface area contributed by atoms with Gasteiger partial charge in [0.2, 0.25) is 0 Å². The van der Waals surface area contributed by atoms with E-state index >= 15 is 0 Å². The first-order valence-corrected chi connectivity index (χ1v) is 8.63. The second-order valence-electron chi connectivity index (χ2n) is 5.56. The van der Waals surface area contributed by atoms with Crippen LogP contribution in [0.2, 0.25) is 0 Å². The monoisotopic (exact) mass is 336 g/mol. The van der Waals surface area contributed by atoms with Gasteiger partial charge in [0.15, 0.2) is 0 Å². The van der Waals surface area contributed by atoms with Gasteiger partial charge >= 0.3 is 5.97 Å². The SMILES string of the molecule is CCCCC(CC)C(=O)OCCOCCOc1ccc(C=O)cc1. The van der Waals surface area contributed by atoms with Crippen molar-refractivity contribution in [2.45, 2.75) is 39.5 Å². The molecule has 0 aliphatic rings. The van der Waals surface area contributed by atoms with Gasteiger partial charge in [0.25, 0.3) is 0 Å². The van der Waals surface area contributed by atoms with Crippen LogP contribution in [0.1, 0.15) is 49.9 Å². The quantitative estimate of drug-likeness (QED) is 0.312. The average Bonchev–Trinajstić information content (AvgIpc) is 2.62. The highest BCUT2D eigenvalue weighted by atomic mass is 16.6. The highest BCUT2D eigenvalue weighted by Crippen LogP contribution is 2.14. The molecule has 0 aliphatic carbocycles. The van der Waals surface area contributed by atoms with Crippen molar-refractivity contribution in [3.8, 4) is 5.75 Å². The van der Waals surface area contributed by atoms with Crippen molar-refractivity contribution in [2.24, 2.45) is 5.92 Å². The number of ether oxygens (including phenoxy) is 3. The van der Waals surface area contributed by atoms with Crippen molar-refractivity contribution in [1.82, 2.24) is 0 Å². The summed E-state index contributed by atoms with van der Waals surface area (Å²) in [5.74, 6) is 0.570. The average molecular weight is 336 g/mol. The second kappa shape index (κ2) is 12.5. The molecule has 1 aromatic carbocycles. The summed E-state index contributed by atoms with van der Waals surface area (Å²) in [7, 11) is 0. The van der Waals surface area contributed by atoms with Crippen LogP contribution in [0.25, 0.3) is 0 Å². The summed E-state index contributed by atoms with van der Waals surface area (Å²) < 4.78 is 16.1. The Morgan fingerprint density at radius 3 is 2.42 bits per heavy atom. The van der Waals surface area contributed by atoms with Crippen LogP contribution in [0.5, 0.6) is 5.75 Å². The van der Waals surface area contributed by atoms with Gasteiger partial charge in [-0.05, 0) is 37.1 Å². The maximum Gasteiger partial charge on any atom is 0.308 e. The molecule has 0 amide bonds. The number of hydrogen-bond acceptors (Lipinski definition) is 5. The van der Waals surface area contributed by atoms with Crippen molar-refractivity contribution in [1.29, 1.82) is 0 Å². The van der Waals surface area contributed by atoms with Gasteiger partial charge in [0, 0.05) is 5.56 Å². The molecule has 0 aliphatic heterocycles. The highest BCUT2D eigenvalue weighted by molar-refractivity contribution is 5.74. The first-order chi connectivity index (χ1) is 11.7. The Balaban J connectivity index is 2.06. The second-order valence-corrected chi connectivity index (χ2v) is 5.56. The third-order valence-electron chi connectivity index (χ3n) is 3.72. The molecule has 0 radical (unpaired) electrons. The van der Waals surface area contributed by atoms with Gasteiger partial charge in [-0.25, -0.2) is 0 Å². The minimum absolute atomic E-state index is 0.00243. The Morgan fingerprint density at radius 2 is 1.79 bits per heavy atom. The molecule has 0 N–H and O–H groups in total. The van der Waals surface area contributed by atoms with Crippen LogP contribution in [0.3, 0.4) is 0 Å². The lowest BCUT2D eigenvalue weighted by molar-refractivity contribution is -0.150. The van der Waals surface area contributed by atoms with Crippen LogP contribution in [0, 0.1) is 5.92 Å². The Hall–Kier alpha value is -1.88. The minimum Gasteiger partial charge on any atom is -0.491 e. The number of rotatable bonds is 13. The van der Waals surface area contributed by atoms with E-state index in [4.69, 9.17) is 14.2 Å². The van der Waals surface area contributed by atoms with E-state index in [0.29, 0.717) is 31.1 Å². The fourth-order valence-corrected chi connectivity index (χ4v) is 2.22. The zero-order valence-electron chi connectivity index (χ0n) is 14.7. The van der Waals surface area contributed by atoms with Crippen molar-refractivity contribution in [2.75, 3.05) is 26.4 Å². The van der Waals surface area contributed by atoms with Crippen LogP contribution in [-0.2, 0) is 14.3 Å². The van der Waals surface area contributed by atoms with Gasteiger partial charge in [-0.15, -0.1) is 0 Å². The summed E-state index contributed by atoms with van der Waals surface area (Å²) in [5, 5.41) is 0. The topological polar surface area (TPSA) is 61.8 Å². The standard InChI is InChI=1S/C19H28O5/c1-3-5-6-17(4-2)19(21)24-14-12-22-11-13-23-18-9-7-16(15-20)8-10-18/h7-10,15,17H,3-6,11-14H2,1-2H3. The van der Waals surface area contributed by atoms with Gasteiger partial charge in [-0.3, -0.25) is 9.59 Å². The summed E-state index contributed by atoms with van der Waals surface area (Å²) in [4.78, 5) is 22.4. The lowest BCUT2D eigenvalue weighted by Gasteiger charge is -2.13. The number of aldehydes is 1. The predicted octanol–water partition coefficient (Wildman–Crippen LogP) is 3.65. The molecule has 0 saturated heterocycles. The molecule has 134 valence electrons. The fraction of sp³-hybridized carbons (Fsp3) is 0.579. The molecule has 5 nitrogen and oxygen atoms in total. The van der Waals surface area contributed by atoms with Crippen LogP contribution in [0.4, 0.5) is 0 Å². The molecule has 0 spiro atoms. The van der Waals surface area contributed by atoms with Gasteiger partial charge < -0.3 is 14.2 Å². The third-order valence-corrected chi connectivity index (χ3v) is 3.72. The summed E-state index contributed by atoms with van der Waals surface area (Å²) in [6.45, 7) is 5.59. The van der Waals surface area contributed by atoms with E-state index in [1.165, 1.54) is 0 Å². The maximum atomic E-state index is 11.9. The Bertz CT molecular complexity index is 469. The van der Waals surface area contributed by atoms with E-state index in [-0.39, 0.29) is 18.5 Å². The molecule has 5 heteroatoms. The van der Waals surface area contributed by atoms with Crippen molar-refractivity contribution in [3.63, 3.8) is 0 Å². The van der Waals surface area contributed by atoms with Crippen molar-refractivity contribution >= 4 is 12.3 Å². The molecular formula is C19H28O5. The molecule has 1 atom stereocenters. The normalized spacial score (nSPS) is 11.8. The molecule has 1 rings (SSSR count). The Labute approximate surface area is 144 Å². The zero-order valence-corrected chi connectivity index (χ0v) is 14.7. The lowest BCUT2D eigenvalue weighted by atomic mass is 10.00. The molecule has 0 aromatic heterocycles. The molecule has 1 unspecified atom stereocenters. The molecule has 0 fully saturated rings. The highest BCUT2D eigenvalue weighted by Gasteiger charge is 2.16. The summed E-state index contributed by atoms with van der Waals surface area (Å²) in [6, 6.07) is 6.88. The lowest BCUT2D eigenvalue weighted by Crippen LogP contribution is -2.20. The fourth-order valence-electron chi connectivity index (χ4n) is 2.22. The van der Waals surface area contributed by atoms with E-state index < -0.39 is 0 Å². The molecule has 0 bridgehead atoms. The molecule has 0 saturated carbocycles. The van der Waals surface area contributed by atoms with Crippen LogP contribution >= 0.6 is 0 Å². The van der Waals surface area contributed by atoms with E-state index in [1.54, 1.807) is 24.3 Å². The number of hydrogen-bond donors (Lipinski definition) is 0. The molecular weight excluding hydrogens is 308 g/mol.